The van der Waals surface area contributed by atoms with Gasteiger partial charge in [-0.05, 0) is 49.1 Å². The number of fused-ring (bicyclic) bond motifs is 1. The van der Waals surface area contributed by atoms with E-state index in [1.165, 1.54) is 10.9 Å². The Morgan fingerprint density at radius 2 is 1.94 bits per heavy atom. The third-order valence-electron chi connectivity index (χ3n) is 3.60. The van der Waals surface area contributed by atoms with Gasteiger partial charge in [0.1, 0.15) is 0 Å². The van der Waals surface area contributed by atoms with Gasteiger partial charge in [-0.1, -0.05) is 26.0 Å². The lowest BCUT2D eigenvalue weighted by Crippen LogP contribution is -2.16. The highest BCUT2D eigenvalue weighted by molar-refractivity contribution is 5.79. The summed E-state index contributed by atoms with van der Waals surface area (Å²) in [6, 6.07) is 10.7. The van der Waals surface area contributed by atoms with Crippen molar-refractivity contribution < 1.29 is 0 Å². The summed E-state index contributed by atoms with van der Waals surface area (Å²) in [6.07, 6.45) is 0. The molecule has 2 atom stereocenters. The average Bonchev–Trinajstić information content (AvgIpc) is 2.36. The molecule has 1 aromatic carbocycles. The molecule has 0 fully saturated rings. The fourth-order valence-corrected chi connectivity index (χ4v) is 2.06. The zero-order valence-corrected chi connectivity index (χ0v) is 10.8. The van der Waals surface area contributed by atoms with Gasteiger partial charge in [0.05, 0.1) is 5.52 Å². The van der Waals surface area contributed by atoms with Gasteiger partial charge in [-0.25, -0.2) is 0 Å². The number of benzene rings is 1. The second kappa shape index (κ2) is 4.84. The topological polar surface area (TPSA) is 38.9 Å². The number of hydrogen-bond donors (Lipinski definition) is 1. The van der Waals surface area contributed by atoms with Crippen molar-refractivity contribution in [1.82, 2.24) is 4.98 Å². The molecule has 2 heteroatoms. The molecule has 0 aliphatic carbocycles. The minimum absolute atomic E-state index is 0.491. The maximum atomic E-state index is 5.73. The number of pyridine rings is 1. The van der Waals surface area contributed by atoms with Crippen LogP contribution in [0.3, 0.4) is 0 Å². The molecule has 0 spiro atoms. The molecule has 1 aromatic heterocycles. The first kappa shape index (κ1) is 12.1. The first-order valence-corrected chi connectivity index (χ1v) is 6.19. The Hall–Kier alpha value is -1.41. The van der Waals surface area contributed by atoms with E-state index in [2.05, 4.69) is 49.2 Å². The van der Waals surface area contributed by atoms with Crippen molar-refractivity contribution in [2.75, 3.05) is 6.54 Å². The SMILES string of the molecule is Cc1ccc2cc(C(C)C(C)CN)ccc2n1. The second-order valence-electron chi connectivity index (χ2n) is 4.91. The average molecular weight is 228 g/mol. The summed E-state index contributed by atoms with van der Waals surface area (Å²) in [4.78, 5) is 4.52. The Balaban J connectivity index is 2.41. The van der Waals surface area contributed by atoms with Crippen LogP contribution in [0.1, 0.15) is 31.0 Å². The van der Waals surface area contributed by atoms with E-state index in [1.807, 2.05) is 6.92 Å². The fourth-order valence-electron chi connectivity index (χ4n) is 2.06. The van der Waals surface area contributed by atoms with Gasteiger partial charge in [0.15, 0.2) is 0 Å². The minimum Gasteiger partial charge on any atom is -0.330 e. The molecule has 17 heavy (non-hydrogen) atoms. The molecule has 2 N–H and O–H groups in total. The largest absolute Gasteiger partial charge is 0.330 e. The zero-order valence-electron chi connectivity index (χ0n) is 10.8. The maximum absolute atomic E-state index is 5.73. The Bertz CT molecular complexity index is 519. The van der Waals surface area contributed by atoms with E-state index in [0.717, 1.165) is 17.8 Å². The number of aryl methyl sites for hydroxylation is 1. The molecular weight excluding hydrogens is 208 g/mol. The van der Waals surface area contributed by atoms with Crippen molar-refractivity contribution in [3.05, 3.63) is 41.6 Å². The first-order chi connectivity index (χ1) is 8.11. The predicted molar refractivity (Wildman–Crippen MR) is 73.1 cm³/mol. The van der Waals surface area contributed by atoms with Crippen LogP contribution in [-0.2, 0) is 0 Å². The van der Waals surface area contributed by atoms with E-state index in [9.17, 15) is 0 Å². The highest BCUT2D eigenvalue weighted by atomic mass is 14.7. The van der Waals surface area contributed by atoms with Gasteiger partial charge in [-0.3, -0.25) is 4.98 Å². The van der Waals surface area contributed by atoms with E-state index < -0.39 is 0 Å². The van der Waals surface area contributed by atoms with Gasteiger partial charge < -0.3 is 5.73 Å². The van der Waals surface area contributed by atoms with Crippen LogP contribution in [0.25, 0.3) is 10.9 Å². The van der Waals surface area contributed by atoms with Crippen LogP contribution in [0.15, 0.2) is 30.3 Å². The van der Waals surface area contributed by atoms with Gasteiger partial charge in [0, 0.05) is 11.1 Å². The number of nitrogens with two attached hydrogens (primary N) is 1. The molecule has 1 heterocycles. The van der Waals surface area contributed by atoms with Crippen LogP contribution in [0, 0.1) is 12.8 Å². The number of hydrogen-bond acceptors (Lipinski definition) is 2. The number of rotatable bonds is 3. The third-order valence-corrected chi connectivity index (χ3v) is 3.60. The second-order valence-corrected chi connectivity index (χ2v) is 4.91. The van der Waals surface area contributed by atoms with Crippen molar-refractivity contribution in [2.24, 2.45) is 11.7 Å². The number of nitrogens with zero attached hydrogens (tertiary/aromatic N) is 1. The first-order valence-electron chi connectivity index (χ1n) is 6.19. The lowest BCUT2D eigenvalue weighted by Gasteiger charge is -2.18. The normalized spacial score (nSPS) is 14.8. The Kier molecular flexibility index (Phi) is 3.43. The molecule has 2 rings (SSSR count). The van der Waals surface area contributed by atoms with E-state index in [-0.39, 0.29) is 0 Å². The van der Waals surface area contributed by atoms with Crippen molar-refractivity contribution in [1.29, 1.82) is 0 Å². The van der Waals surface area contributed by atoms with Crippen molar-refractivity contribution in [2.45, 2.75) is 26.7 Å². The van der Waals surface area contributed by atoms with Crippen LogP contribution < -0.4 is 5.73 Å². The minimum atomic E-state index is 0.491. The zero-order chi connectivity index (χ0) is 12.4. The van der Waals surface area contributed by atoms with Crippen LogP contribution >= 0.6 is 0 Å². The van der Waals surface area contributed by atoms with Gasteiger partial charge in [-0.2, -0.15) is 0 Å². The van der Waals surface area contributed by atoms with Crippen molar-refractivity contribution in [3.8, 4) is 0 Å². The fraction of sp³-hybridized carbons (Fsp3) is 0.400. The highest BCUT2D eigenvalue weighted by Crippen LogP contribution is 2.26. The lowest BCUT2D eigenvalue weighted by atomic mass is 9.88. The summed E-state index contributed by atoms with van der Waals surface area (Å²) in [6.45, 7) is 7.18. The summed E-state index contributed by atoms with van der Waals surface area (Å²) < 4.78 is 0. The van der Waals surface area contributed by atoms with E-state index >= 15 is 0 Å². The molecule has 0 amide bonds. The highest BCUT2D eigenvalue weighted by Gasteiger charge is 2.13. The predicted octanol–water partition coefficient (Wildman–Crippen LogP) is 3.24. The third kappa shape index (κ3) is 2.47. The van der Waals surface area contributed by atoms with Crippen molar-refractivity contribution >= 4 is 10.9 Å². The molecule has 2 nitrogen and oxygen atoms in total. The van der Waals surface area contributed by atoms with Crippen LogP contribution in [-0.4, -0.2) is 11.5 Å². The smallest absolute Gasteiger partial charge is 0.0705 e. The molecule has 2 unspecified atom stereocenters. The molecule has 0 saturated heterocycles. The molecule has 90 valence electrons. The summed E-state index contributed by atoms with van der Waals surface area (Å²) in [5.74, 6) is 0.997. The van der Waals surface area contributed by atoms with E-state index in [4.69, 9.17) is 5.73 Å². The van der Waals surface area contributed by atoms with Crippen LogP contribution in [0.5, 0.6) is 0 Å². The molecular formula is C15H20N2. The number of aromatic nitrogens is 1. The molecule has 0 aliphatic rings. The monoisotopic (exact) mass is 228 g/mol. The quantitative estimate of drug-likeness (QED) is 0.876. The van der Waals surface area contributed by atoms with Gasteiger partial charge in [-0.15, -0.1) is 0 Å². The molecule has 2 aromatic rings. The standard InChI is InChI=1S/C15H20N2/c1-10(9-16)12(3)13-6-7-15-14(8-13)5-4-11(2)17-15/h4-8,10,12H,9,16H2,1-3H3. The maximum Gasteiger partial charge on any atom is 0.0705 e. The Morgan fingerprint density at radius 3 is 2.65 bits per heavy atom. The van der Waals surface area contributed by atoms with Crippen LogP contribution in [0.4, 0.5) is 0 Å². The summed E-state index contributed by atoms with van der Waals surface area (Å²) in [5.41, 5.74) is 9.21. The summed E-state index contributed by atoms with van der Waals surface area (Å²) in [5, 5.41) is 1.21. The molecule has 0 saturated carbocycles. The van der Waals surface area contributed by atoms with E-state index in [0.29, 0.717) is 11.8 Å². The molecule has 0 bridgehead atoms. The molecule has 0 aliphatic heterocycles. The van der Waals surface area contributed by atoms with Gasteiger partial charge >= 0.3 is 0 Å². The Morgan fingerprint density at radius 1 is 1.18 bits per heavy atom. The Labute approximate surface area is 103 Å². The van der Waals surface area contributed by atoms with Gasteiger partial charge in [0.2, 0.25) is 0 Å². The molecule has 0 radical (unpaired) electrons. The van der Waals surface area contributed by atoms with Gasteiger partial charge in [0.25, 0.3) is 0 Å². The summed E-state index contributed by atoms with van der Waals surface area (Å²) >= 11 is 0. The summed E-state index contributed by atoms with van der Waals surface area (Å²) in [7, 11) is 0. The van der Waals surface area contributed by atoms with Crippen LogP contribution in [0.2, 0.25) is 0 Å². The van der Waals surface area contributed by atoms with E-state index in [1.54, 1.807) is 0 Å². The lowest BCUT2D eigenvalue weighted by molar-refractivity contribution is 0.499. The van der Waals surface area contributed by atoms with Crippen molar-refractivity contribution in [3.63, 3.8) is 0 Å².